The van der Waals surface area contributed by atoms with Gasteiger partial charge in [-0.25, -0.2) is 0 Å². The number of rotatable bonds is 5. The number of amides is 1. The van der Waals surface area contributed by atoms with Crippen molar-refractivity contribution in [1.82, 2.24) is 4.90 Å². The maximum Gasteiger partial charge on any atom is 0.225 e. The molecule has 1 saturated heterocycles. The highest BCUT2D eigenvalue weighted by Crippen LogP contribution is 2.23. The fraction of sp³-hybridized carbons (Fsp3) is 0.533. The molecule has 0 aliphatic carbocycles. The van der Waals surface area contributed by atoms with Crippen molar-refractivity contribution in [2.45, 2.75) is 25.9 Å². The normalized spacial score (nSPS) is 20.4. The van der Waals surface area contributed by atoms with Crippen molar-refractivity contribution in [1.29, 1.82) is 0 Å². The molecule has 4 N–H and O–H groups in total. The minimum Gasteiger partial charge on any atom is -0.397 e. The molecule has 1 aromatic rings. The van der Waals surface area contributed by atoms with Crippen LogP contribution in [0.4, 0.5) is 11.4 Å². The minimum atomic E-state index is -0.282. The number of nitrogen functional groups attached to an aromatic ring is 1. The number of hydrogen-bond donors (Lipinski definition) is 3. The quantitative estimate of drug-likeness (QED) is 0.726. The number of carbonyl (C=O) groups is 1. The number of halogens is 1. The zero-order valence-corrected chi connectivity index (χ0v) is 12.9. The maximum atomic E-state index is 12.0. The van der Waals surface area contributed by atoms with Gasteiger partial charge in [0.15, 0.2) is 0 Å². The van der Waals surface area contributed by atoms with E-state index in [1.54, 1.807) is 18.2 Å². The first-order valence-corrected chi connectivity index (χ1v) is 7.59. The first-order valence-electron chi connectivity index (χ1n) is 7.21. The fourth-order valence-electron chi connectivity index (χ4n) is 2.57. The Kier molecular flexibility index (Phi) is 5.45. The summed E-state index contributed by atoms with van der Waals surface area (Å²) in [7, 11) is 0. The van der Waals surface area contributed by atoms with Crippen molar-refractivity contribution >= 4 is 28.9 Å². The summed E-state index contributed by atoms with van der Waals surface area (Å²) in [5.41, 5.74) is 6.85. The van der Waals surface area contributed by atoms with E-state index in [9.17, 15) is 9.90 Å². The zero-order valence-electron chi connectivity index (χ0n) is 12.2. The number of anilines is 2. The van der Waals surface area contributed by atoms with Gasteiger partial charge in [0, 0.05) is 24.5 Å². The summed E-state index contributed by atoms with van der Waals surface area (Å²) in [5, 5.41) is 12.9. The molecule has 1 heterocycles. The molecule has 0 radical (unpaired) electrons. The summed E-state index contributed by atoms with van der Waals surface area (Å²) in [6.45, 7) is 4.30. The lowest BCUT2D eigenvalue weighted by atomic mass is 10.0. The van der Waals surface area contributed by atoms with Gasteiger partial charge in [0.05, 0.1) is 17.5 Å². The van der Waals surface area contributed by atoms with Gasteiger partial charge in [-0.2, -0.15) is 0 Å². The van der Waals surface area contributed by atoms with Crippen LogP contribution in [-0.4, -0.2) is 41.7 Å². The third-order valence-electron chi connectivity index (χ3n) is 3.94. The van der Waals surface area contributed by atoms with Crippen molar-refractivity contribution in [3.8, 4) is 0 Å². The van der Waals surface area contributed by atoms with Gasteiger partial charge in [0.1, 0.15) is 0 Å². The van der Waals surface area contributed by atoms with Crippen LogP contribution >= 0.6 is 11.6 Å². The van der Waals surface area contributed by atoms with E-state index in [0.29, 0.717) is 35.3 Å². The number of hydrogen-bond acceptors (Lipinski definition) is 4. The average molecular weight is 312 g/mol. The molecule has 2 rings (SSSR count). The van der Waals surface area contributed by atoms with E-state index < -0.39 is 0 Å². The van der Waals surface area contributed by atoms with E-state index in [4.69, 9.17) is 17.3 Å². The van der Waals surface area contributed by atoms with Crippen LogP contribution < -0.4 is 11.1 Å². The SMILES string of the molecule is CC(O)C1CCN(CCC(=O)Nc2cc(Cl)ccc2N)C1. The van der Waals surface area contributed by atoms with Crippen LogP contribution in [0.15, 0.2) is 18.2 Å². The summed E-state index contributed by atoms with van der Waals surface area (Å²) >= 11 is 5.89. The van der Waals surface area contributed by atoms with Gasteiger partial charge in [0.25, 0.3) is 0 Å². The van der Waals surface area contributed by atoms with Crippen molar-refractivity contribution < 1.29 is 9.90 Å². The monoisotopic (exact) mass is 311 g/mol. The summed E-state index contributed by atoms with van der Waals surface area (Å²) in [6.07, 6.45) is 1.11. The molecule has 116 valence electrons. The van der Waals surface area contributed by atoms with Crippen LogP contribution in [0.2, 0.25) is 5.02 Å². The van der Waals surface area contributed by atoms with Crippen molar-refractivity contribution in [3.63, 3.8) is 0 Å². The van der Waals surface area contributed by atoms with Gasteiger partial charge < -0.3 is 21.1 Å². The van der Waals surface area contributed by atoms with Gasteiger partial charge >= 0.3 is 0 Å². The van der Waals surface area contributed by atoms with E-state index >= 15 is 0 Å². The highest BCUT2D eigenvalue weighted by atomic mass is 35.5. The van der Waals surface area contributed by atoms with Crippen LogP contribution in [0.25, 0.3) is 0 Å². The van der Waals surface area contributed by atoms with Crippen LogP contribution in [0, 0.1) is 5.92 Å². The number of nitrogens with one attached hydrogen (secondary N) is 1. The summed E-state index contributed by atoms with van der Waals surface area (Å²) in [5.74, 6) is 0.237. The lowest BCUT2D eigenvalue weighted by Gasteiger charge is -2.17. The molecule has 1 aromatic carbocycles. The molecule has 6 heteroatoms. The van der Waals surface area contributed by atoms with Gasteiger partial charge in [-0.05, 0) is 44.0 Å². The molecular formula is C15H22ClN3O2. The second-order valence-electron chi connectivity index (χ2n) is 5.62. The number of carbonyl (C=O) groups excluding carboxylic acids is 1. The van der Waals surface area contributed by atoms with E-state index in [0.717, 1.165) is 19.5 Å². The van der Waals surface area contributed by atoms with Crippen LogP contribution in [0.5, 0.6) is 0 Å². The minimum absolute atomic E-state index is 0.0792. The molecule has 1 fully saturated rings. The standard InChI is InChI=1S/C15H22ClN3O2/c1-10(20)11-4-6-19(9-11)7-5-15(21)18-14-8-12(16)2-3-13(14)17/h2-3,8,10-11,20H,4-7,9,17H2,1H3,(H,18,21). The second kappa shape index (κ2) is 7.11. The molecule has 0 bridgehead atoms. The van der Waals surface area contributed by atoms with Gasteiger partial charge in [-0.3, -0.25) is 4.79 Å². The number of aliphatic hydroxyl groups excluding tert-OH is 1. The molecule has 2 unspecified atom stereocenters. The summed E-state index contributed by atoms with van der Waals surface area (Å²) in [6, 6.07) is 5.01. The number of nitrogens with zero attached hydrogens (tertiary/aromatic N) is 1. The Morgan fingerprint density at radius 1 is 1.62 bits per heavy atom. The zero-order chi connectivity index (χ0) is 15.4. The van der Waals surface area contributed by atoms with Gasteiger partial charge in [-0.15, -0.1) is 0 Å². The number of nitrogens with two attached hydrogens (primary N) is 1. The topological polar surface area (TPSA) is 78.6 Å². The molecule has 1 aliphatic heterocycles. The third kappa shape index (κ3) is 4.59. The van der Waals surface area contributed by atoms with Crippen molar-refractivity contribution in [3.05, 3.63) is 23.2 Å². The first kappa shape index (κ1) is 16.1. The van der Waals surface area contributed by atoms with Crippen LogP contribution in [0.1, 0.15) is 19.8 Å². The molecule has 5 nitrogen and oxygen atoms in total. The summed E-state index contributed by atoms with van der Waals surface area (Å²) in [4.78, 5) is 14.2. The molecule has 1 aliphatic rings. The van der Waals surface area contributed by atoms with E-state index in [-0.39, 0.29) is 12.0 Å². The smallest absolute Gasteiger partial charge is 0.225 e. The fourth-order valence-corrected chi connectivity index (χ4v) is 2.74. The third-order valence-corrected chi connectivity index (χ3v) is 4.17. The van der Waals surface area contributed by atoms with Crippen LogP contribution in [-0.2, 0) is 4.79 Å². The Labute approximate surface area is 130 Å². The predicted molar refractivity (Wildman–Crippen MR) is 85.3 cm³/mol. The summed E-state index contributed by atoms with van der Waals surface area (Å²) < 4.78 is 0. The van der Waals surface area contributed by atoms with E-state index in [1.165, 1.54) is 0 Å². The van der Waals surface area contributed by atoms with Crippen molar-refractivity contribution in [2.24, 2.45) is 5.92 Å². The maximum absolute atomic E-state index is 12.0. The van der Waals surface area contributed by atoms with Gasteiger partial charge in [-0.1, -0.05) is 11.6 Å². The number of benzene rings is 1. The predicted octanol–water partition coefficient (Wildman–Crippen LogP) is 1.95. The largest absolute Gasteiger partial charge is 0.397 e. The number of likely N-dealkylation sites (tertiary alicyclic amines) is 1. The molecule has 0 aromatic heterocycles. The van der Waals surface area contributed by atoms with Gasteiger partial charge in [0.2, 0.25) is 5.91 Å². The molecule has 0 spiro atoms. The lowest BCUT2D eigenvalue weighted by Crippen LogP contribution is -2.28. The highest BCUT2D eigenvalue weighted by molar-refractivity contribution is 6.31. The van der Waals surface area contributed by atoms with E-state index in [2.05, 4.69) is 10.2 Å². The van der Waals surface area contributed by atoms with Crippen molar-refractivity contribution in [2.75, 3.05) is 30.7 Å². The molecule has 21 heavy (non-hydrogen) atoms. The molecule has 0 saturated carbocycles. The Morgan fingerprint density at radius 2 is 2.38 bits per heavy atom. The molecule has 2 atom stereocenters. The highest BCUT2D eigenvalue weighted by Gasteiger charge is 2.25. The second-order valence-corrected chi connectivity index (χ2v) is 6.06. The van der Waals surface area contributed by atoms with Crippen LogP contribution in [0.3, 0.4) is 0 Å². The first-order chi connectivity index (χ1) is 9.95. The molecule has 1 amide bonds. The Balaban J connectivity index is 1.79. The molecular weight excluding hydrogens is 290 g/mol. The Hall–Kier alpha value is -1.30. The average Bonchev–Trinajstić information content (AvgIpc) is 2.90. The Morgan fingerprint density at radius 3 is 3.05 bits per heavy atom. The number of aliphatic hydroxyl groups is 1. The van der Waals surface area contributed by atoms with E-state index in [1.807, 2.05) is 6.92 Å². The Bertz CT molecular complexity index is 508. The lowest BCUT2D eigenvalue weighted by molar-refractivity contribution is -0.116.